The number of benzene rings is 1. The highest BCUT2D eigenvalue weighted by molar-refractivity contribution is 9.10. The lowest BCUT2D eigenvalue weighted by molar-refractivity contribution is 0.895. The molecule has 1 aromatic heterocycles. The molecule has 0 saturated carbocycles. The standard InChI is InChI=1S/C15H16BrN3S/c1-10-6-14(18-8-13(10)16)19(2)9-11-4-3-5-12(7-11)15(17)20/h3-8H,9H2,1-2H3,(H2,17,20). The van der Waals surface area contributed by atoms with Crippen LogP contribution in [0.5, 0.6) is 0 Å². The van der Waals surface area contributed by atoms with Gasteiger partial charge >= 0.3 is 0 Å². The molecule has 0 aliphatic heterocycles. The second-order valence-corrected chi connectivity index (χ2v) is 6.01. The van der Waals surface area contributed by atoms with Crippen molar-refractivity contribution < 1.29 is 0 Å². The topological polar surface area (TPSA) is 42.1 Å². The Hall–Kier alpha value is -1.46. The van der Waals surface area contributed by atoms with Gasteiger partial charge in [-0.15, -0.1) is 0 Å². The van der Waals surface area contributed by atoms with Crippen LogP contribution < -0.4 is 10.6 Å². The zero-order valence-corrected chi connectivity index (χ0v) is 13.8. The summed E-state index contributed by atoms with van der Waals surface area (Å²) < 4.78 is 1.02. The lowest BCUT2D eigenvalue weighted by atomic mass is 10.1. The summed E-state index contributed by atoms with van der Waals surface area (Å²) in [7, 11) is 2.02. The fourth-order valence-corrected chi connectivity index (χ4v) is 2.25. The van der Waals surface area contributed by atoms with E-state index >= 15 is 0 Å². The third kappa shape index (κ3) is 3.55. The molecule has 1 heterocycles. The molecule has 3 nitrogen and oxygen atoms in total. The van der Waals surface area contributed by atoms with Gasteiger partial charge in [-0.3, -0.25) is 0 Å². The zero-order chi connectivity index (χ0) is 14.7. The lowest BCUT2D eigenvalue weighted by Gasteiger charge is -2.19. The van der Waals surface area contributed by atoms with Crippen LogP contribution in [0.3, 0.4) is 0 Å². The molecule has 0 bridgehead atoms. The number of nitrogens with zero attached hydrogens (tertiary/aromatic N) is 2. The van der Waals surface area contributed by atoms with E-state index in [0.29, 0.717) is 4.99 Å². The largest absolute Gasteiger partial charge is 0.389 e. The number of aromatic nitrogens is 1. The number of rotatable bonds is 4. The Morgan fingerprint density at radius 2 is 2.15 bits per heavy atom. The molecule has 0 spiro atoms. The van der Waals surface area contributed by atoms with Gasteiger partial charge in [-0.25, -0.2) is 4.98 Å². The maximum absolute atomic E-state index is 5.66. The van der Waals surface area contributed by atoms with E-state index in [4.69, 9.17) is 18.0 Å². The monoisotopic (exact) mass is 349 g/mol. The van der Waals surface area contributed by atoms with Crippen molar-refractivity contribution in [2.24, 2.45) is 5.73 Å². The average Bonchev–Trinajstić information content (AvgIpc) is 2.42. The van der Waals surface area contributed by atoms with Gasteiger partial charge in [0.05, 0.1) is 0 Å². The quantitative estimate of drug-likeness (QED) is 0.858. The number of pyridine rings is 1. The summed E-state index contributed by atoms with van der Waals surface area (Å²) in [4.78, 5) is 6.94. The Morgan fingerprint density at radius 3 is 2.80 bits per heavy atom. The van der Waals surface area contributed by atoms with E-state index in [1.807, 2.05) is 31.4 Å². The number of hydrogen-bond acceptors (Lipinski definition) is 3. The molecule has 0 unspecified atom stereocenters. The van der Waals surface area contributed by atoms with Gasteiger partial charge in [0.25, 0.3) is 0 Å². The van der Waals surface area contributed by atoms with Crippen LogP contribution in [0.2, 0.25) is 0 Å². The van der Waals surface area contributed by atoms with Gasteiger partial charge in [0.2, 0.25) is 0 Å². The molecule has 2 aromatic rings. The van der Waals surface area contributed by atoms with Crippen LogP contribution >= 0.6 is 28.1 Å². The Kier molecular flexibility index (Phi) is 4.73. The lowest BCUT2D eigenvalue weighted by Crippen LogP contribution is -2.18. The van der Waals surface area contributed by atoms with Gasteiger partial charge in [0.1, 0.15) is 10.8 Å². The van der Waals surface area contributed by atoms with Crippen molar-refractivity contribution in [1.82, 2.24) is 4.98 Å². The van der Waals surface area contributed by atoms with Crippen molar-refractivity contribution in [3.63, 3.8) is 0 Å². The summed E-state index contributed by atoms with van der Waals surface area (Å²) in [5.41, 5.74) is 8.87. The number of hydrogen-bond donors (Lipinski definition) is 1. The molecule has 0 aliphatic rings. The van der Waals surface area contributed by atoms with E-state index in [1.165, 1.54) is 5.56 Å². The van der Waals surface area contributed by atoms with E-state index in [1.54, 1.807) is 0 Å². The minimum Gasteiger partial charge on any atom is -0.389 e. The predicted molar refractivity (Wildman–Crippen MR) is 91.1 cm³/mol. The molecular weight excluding hydrogens is 334 g/mol. The summed E-state index contributed by atoms with van der Waals surface area (Å²) in [5.74, 6) is 0.937. The van der Waals surface area contributed by atoms with Gasteiger partial charge in [-0.05, 0) is 46.1 Å². The summed E-state index contributed by atoms with van der Waals surface area (Å²) in [6.45, 7) is 2.81. The highest BCUT2D eigenvalue weighted by Gasteiger charge is 2.06. The molecule has 1 aromatic carbocycles. The Labute approximate surface area is 132 Å². The molecule has 5 heteroatoms. The first-order valence-electron chi connectivity index (χ1n) is 6.19. The average molecular weight is 350 g/mol. The Morgan fingerprint density at radius 1 is 1.40 bits per heavy atom. The van der Waals surface area contributed by atoms with Crippen LogP contribution in [-0.2, 0) is 6.54 Å². The molecule has 2 N–H and O–H groups in total. The molecule has 2 rings (SSSR count). The van der Waals surface area contributed by atoms with E-state index in [-0.39, 0.29) is 0 Å². The zero-order valence-electron chi connectivity index (χ0n) is 11.4. The number of aryl methyl sites for hydroxylation is 1. The van der Waals surface area contributed by atoms with Crippen LogP contribution in [0.4, 0.5) is 5.82 Å². The third-order valence-corrected chi connectivity index (χ3v) is 4.12. The number of nitrogens with two attached hydrogens (primary N) is 1. The molecular formula is C15H16BrN3S. The van der Waals surface area contributed by atoms with Gasteiger partial charge < -0.3 is 10.6 Å². The van der Waals surface area contributed by atoms with Crippen LogP contribution in [0.25, 0.3) is 0 Å². The maximum atomic E-state index is 5.66. The molecule has 0 saturated heterocycles. The first-order valence-corrected chi connectivity index (χ1v) is 7.39. The first kappa shape index (κ1) is 14.9. The molecule has 20 heavy (non-hydrogen) atoms. The first-order chi connectivity index (χ1) is 9.47. The van der Waals surface area contributed by atoms with Gasteiger partial charge in [-0.1, -0.05) is 30.4 Å². The predicted octanol–water partition coefficient (Wildman–Crippen LogP) is 3.42. The minimum atomic E-state index is 0.423. The highest BCUT2D eigenvalue weighted by atomic mass is 79.9. The van der Waals surface area contributed by atoms with Crippen molar-refractivity contribution in [1.29, 1.82) is 0 Å². The van der Waals surface area contributed by atoms with Gasteiger partial charge in [0, 0.05) is 29.8 Å². The highest BCUT2D eigenvalue weighted by Crippen LogP contribution is 2.20. The van der Waals surface area contributed by atoms with Gasteiger partial charge in [-0.2, -0.15) is 0 Å². The molecule has 104 valence electrons. The summed E-state index contributed by atoms with van der Waals surface area (Å²) in [6.07, 6.45) is 1.83. The number of anilines is 1. The fraction of sp³-hybridized carbons (Fsp3) is 0.200. The third-order valence-electron chi connectivity index (χ3n) is 3.05. The van der Waals surface area contributed by atoms with E-state index in [0.717, 1.165) is 28.0 Å². The Balaban J connectivity index is 2.18. The van der Waals surface area contributed by atoms with Crippen molar-refractivity contribution in [3.05, 3.63) is 57.7 Å². The van der Waals surface area contributed by atoms with E-state index in [2.05, 4.69) is 44.9 Å². The van der Waals surface area contributed by atoms with Gasteiger partial charge in [0.15, 0.2) is 0 Å². The molecule has 0 atom stereocenters. The molecule has 0 radical (unpaired) electrons. The van der Waals surface area contributed by atoms with Crippen LogP contribution in [0.15, 0.2) is 41.0 Å². The fourth-order valence-electron chi connectivity index (χ4n) is 1.91. The normalized spacial score (nSPS) is 10.3. The second-order valence-electron chi connectivity index (χ2n) is 4.71. The van der Waals surface area contributed by atoms with Crippen molar-refractivity contribution in [3.8, 4) is 0 Å². The maximum Gasteiger partial charge on any atom is 0.128 e. The van der Waals surface area contributed by atoms with Crippen molar-refractivity contribution >= 4 is 39.0 Å². The molecule has 0 fully saturated rings. The number of halogens is 1. The van der Waals surface area contributed by atoms with Crippen LogP contribution in [0, 0.1) is 6.92 Å². The van der Waals surface area contributed by atoms with Crippen molar-refractivity contribution in [2.45, 2.75) is 13.5 Å². The molecule has 0 amide bonds. The summed E-state index contributed by atoms with van der Waals surface area (Å²) in [6, 6.07) is 10.0. The smallest absolute Gasteiger partial charge is 0.128 e. The second kappa shape index (κ2) is 6.33. The SMILES string of the molecule is Cc1cc(N(C)Cc2cccc(C(N)=S)c2)ncc1Br. The van der Waals surface area contributed by atoms with Crippen LogP contribution in [-0.4, -0.2) is 17.0 Å². The van der Waals surface area contributed by atoms with E-state index < -0.39 is 0 Å². The summed E-state index contributed by atoms with van der Waals surface area (Å²) >= 11 is 8.47. The van der Waals surface area contributed by atoms with Crippen LogP contribution in [0.1, 0.15) is 16.7 Å². The Bertz CT molecular complexity index is 643. The number of thiocarbonyl (C=S) groups is 1. The summed E-state index contributed by atoms with van der Waals surface area (Å²) in [5, 5.41) is 0. The molecule has 0 aliphatic carbocycles. The van der Waals surface area contributed by atoms with E-state index in [9.17, 15) is 0 Å². The van der Waals surface area contributed by atoms with Crippen molar-refractivity contribution in [2.75, 3.05) is 11.9 Å². The minimum absolute atomic E-state index is 0.423.